The van der Waals surface area contributed by atoms with Crippen LogP contribution in [-0.2, 0) is 6.42 Å². The molecule has 0 aliphatic rings. The van der Waals surface area contributed by atoms with E-state index in [1.54, 1.807) is 0 Å². The second kappa shape index (κ2) is 8.74. The third kappa shape index (κ3) is 5.74. The molecule has 1 atom stereocenters. The van der Waals surface area contributed by atoms with Crippen LogP contribution in [0.5, 0.6) is 0 Å². The number of hydrogen-bond donors (Lipinski definition) is 2. The molecule has 0 fully saturated rings. The summed E-state index contributed by atoms with van der Waals surface area (Å²) in [7, 11) is 0. The van der Waals surface area contributed by atoms with Crippen molar-refractivity contribution in [2.75, 3.05) is 25.0 Å². The first-order valence-electron chi connectivity index (χ1n) is 7.68. The van der Waals surface area contributed by atoms with E-state index < -0.39 is 0 Å². The Kier molecular flexibility index (Phi) is 7.30. The lowest BCUT2D eigenvalue weighted by molar-refractivity contribution is 0.295. The highest BCUT2D eigenvalue weighted by molar-refractivity contribution is 5.33. The summed E-state index contributed by atoms with van der Waals surface area (Å²) in [5.74, 6) is 1.41. The van der Waals surface area contributed by atoms with Crippen LogP contribution in [-0.4, -0.2) is 40.5 Å². The highest BCUT2D eigenvalue weighted by Crippen LogP contribution is 2.07. The Morgan fingerprint density at radius 2 is 2.05 bits per heavy atom. The normalized spacial score (nSPS) is 12.7. The standard InChI is InChI=1S/C15H28N4O/c1-5-13-17-14(11-15(20)18-13)16-12(4)9-8-10-19(6-2)7-3/h11-12H,5-10H2,1-4H3,(H2,16,17,18,20). The molecule has 114 valence electrons. The number of aromatic amines is 1. The van der Waals surface area contributed by atoms with E-state index in [0.29, 0.717) is 11.9 Å². The van der Waals surface area contributed by atoms with Crippen LogP contribution in [0.25, 0.3) is 0 Å². The average molecular weight is 280 g/mol. The molecule has 1 aromatic rings. The molecule has 0 saturated carbocycles. The van der Waals surface area contributed by atoms with Crippen LogP contribution in [0.3, 0.4) is 0 Å². The summed E-state index contributed by atoms with van der Waals surface area (Å²) >= 11 is 0. The molecule has 20 heavy (non-hydrogen) atoms. The molecule has 5 nitrogen and oxygen atoms in total. The minimum Gasteiger partial charge on any atom is -0.367 e. The van der Waals surface area contributed by atoms with Crippen LogP contribution in [0.2, 0.25) is 0 Å². The van der Waals surface area contributed by atoms with Gasteiger partial charge in [-0.1, -0.05) is 20.8 Å². The molecule has 1 heterocycles. The third-order valence-corrected chi connectivity index (χ3v) is 3.53. The molecular formula is C15H28N4O. The summed E-state index contributed by atoms with van der Waals surface area (Å²) in [4.78, 5) is 21.0. The first-order valence-corrected chi connectivity index (χ1v) is 7.68. The molecule has 2 N–H and O–H groups in total. The minimum atomic E-state index is -0.0882. The summed E-state index contributed by atoms with van der Waals surface area (Å²) in [5.41, 5.74) is -0.0882. The SMILES string of the molecule is CCc1nc(NC(C)CCCN(CC)CC)cc(=O)[nH]1. The summed E-state index contributed by atoms with van der Waals surface area (Å²) in [6.07, 6.45) is 2.97. The zero-order valence-electron chi connectivity index (χ0n) is 13.2. The van der Waals surface area contributed by atoms with Gasteiger partial charge in [-0.15, -0.1) is 0 Å². The zero-order valence-corrected chi connectivity index (χ0v) is 13.2. The van der Waals surface area contributed by atoms with Crippen molar-refractivity contribution in [1.82, 2.24) is 14.9 Å². The van der Waals surface area contributed by atoms with Crippen LogP contribution in [0.15, 0.2) is 10.9 Å². The predicted molar refractivity (Wildman–Crippen MR) is 84.3 cm³/mol. The van der Waals surface area contributed by atoms with Gasteiger partial charge >= 0.3 is 0 Å². The Bertz CT molecular complexity index is 440. The number of nitrogens with one attached hydrogen (secondary N) is 2. The lowest BCUT2D eigenvalue weighted by Crippen LogP contribution is -2.26. The Morgan fingerprint density at radius 3 is 2.65 bits per heavy atom. The number of aromatic nitrogens is 2. The number of H-pyrrole nitrogens is 1. The molecule has 0 aromatic carbocycles. The van der Waals surface area contributed by atoms with Gasteiger partial charge in [-0.25, -0.2) is 4.98 Å². The summed E-state index contributed by atoms with van der Waals surface area (Å²) < 4.78 is 0. The van der Waals surface area contributed by atoms with Crippen molar-refractivity contribution in [1.29, 1.82) is 0 Å². The van der Waals surface area contributed by atoms with Crippen molar-refractivity contribution >= 4 is 5.82 Å². The van der Waals surface area contributed by atoms with Crippen LogP contribution in [0, 0.1) is 0 Å². The van der Waals surface area contributed by atoms with Gasteiger partial charge in [-0.05, 0) is 39.4 Å². The third-order valence-electron chi connectivity index (χ3n) is 3.53. The molecular weight excluding hydrogens is 252 g/mol. The van der Waals surface area contributed by atoms with Gasteiger partial charge in [0.15, 0.2) is 0 Å². The van der Waals surface area contributed by atoms with E-state index in [4.69, 9.17) is 0 Å². The van der Waals surface area contributed by atoms with Gasteiger partial charge in [0.1, 0.15) is 11.6 Å². The average Bonchev–Trinajstić information content (AvgIpc) is 2.42. The first-order chi connectivity index (χ1) is 9.58. The Balaban J connectivity index is 2.44. The van der Waals surface area contributed by atoms with Gasteiger partial charge in [0, 0.05) is 18.5 Å². The molecule has 0 amide bonds. The van der Waals surface area contributed by atoms with E-state index >= 15 is 0 Å². The molecule has 0 saturated heterocycles. The lowest BCUT2D eigenvalue weighted by atomic mass is 10.1. The quantitative estimate of drug-likeness (QED) is 0.728. The molecule has 0 radical (unpaired) electrons. The molecule has 1 aromatic heterocycles. The lowest BCUT2D eigenvalue weighted by Gasteiger charge is -2.20. The molecule has 0 aliphatic carbocycles. The van der Waals surface area contributed by atoms with E-state index in [2.05, 4.69) is 41.0 Å². The molecule has 1 rings (SSSR count). The number of hydrogen-bond acceptors (Lipinski definition) is 4. The zero-order chi connectivity index (χ0) is 15.0. The molecule has 1 unspecified atom stereocenters. The molecule has 5 heteroatoms. The van der Waals surface area contributed by atoms with Crippen molar-refractivity contribution in [3.8, 4) is 0 Å². The van der Waals surface area contributed by atoms with Crippen LogP contribution in [0.1, 0.15) is 46.4 Å². The fourth-order valence-electron chi connectivity index (χ4n) is 2.24. The van der Waals surface area contributed by atoms with Crippen LogP contribution >= 0.6 is 0 Å². The van der Waals surface area contributed by atoms with Crippen LogP contribution < -0.4 is 10.9 Å². The second-order valence-electron chi connectivity index (χ2n) is 5.15. The maximum absolute atomic E-state index is 11.5. The van der Waals surface area contributed by atoms with Gasteiger partial charge in [0.05, 0.1) is 0 Å². The van der Waals surface area contributed by atoms with E-state index in [0.717, 1.165) is 44.7 Å². The molecule has 0 aliphatic heterocycles. The van der Waals surface area contributed by atoms with Gasteiger partial charge in [-0.2, -0.15) is 0 Å². The Labute approximate surface area is 121 Å². The fourth-order valence-corrected chi connectivity index (χ4v) is 2.24. The Hall–Kier alpha value is -1.36. The Morgan fingerprint density at radius 1 is 1.35 bits per heavy atom. The number of aryl methyl sites for hydroxylation is 1. The maximum atomic E-state index is 11.5. The minimum absolute atomic E-state index is 0.0882. The monoisotopic (exact) mass is 280 g/mol. The van der Waals surface area contributed by atoms with Crippen LogP contribution in [0.4, 0.5) is 5.82 Å². The van der Waals surface area contributed by atoms with E-state index in [9.17, 15) is 4.79 Å². The van der Waals surface area contributed by atoms with E-state index in [1.807, 2.05) is 6.92 Å². The van der Waals surface area contributed by atoms with Gasteiger partial charge in [-0.3, -0.25) is 4.79 Å². The second-order valence-corrected chi connectivity index (χ2v) is 5.15. The summed E-state index contributed by atoms with van der Waals surface area (Å²) in [6, 6.07) is 1.85. The summed E-state index contributed by atoms with van der Waals surface area (Å²) in [5, 5.41) is 3.32. The van der Waals surface area contributed by atoms with E-state index in [-0.39, 0.29) is 5.56 Å². The highest BCUT2D eigenvalue weighted by Gasteiger charge is 2.06. The van der Waals surface area contributed by atoms with Crippen molar-refractivity contribution in [2.45, 2.75) is 53.0 Å². The van der Waals surface area contributed by atoms with Crippen molar-refractivity contribution in [2.24, 2.45) is 0 Å². The first kappa shape index (κ1) is 16.7. The highest BCUT2D eigenvalue weighted by atomic mass is 16.1. The van der Waals surface area contributed by atoms with Crippen molar-refractivity contribution < 1.29 is 0 Å². The molecule has 0 spiro atoms. The van der Waals surface area contributed by atoms with E-state index in [1.165, 1.54) is 6.07 Å². The van der Waals surface area contributed by atoms with Gasteiger partial charge in [0.2, 0.25) is 0 Å². The van der Waals surface area contributed by atoms with Gasteiger partial charge < -0.3 is 15.2 Å². The van der Waals surface area contributed by atoms with Gasteiger partial charge in [0.25, 0.3) is 5.56 Å². The summed E-state index contributed by atoms with van der Waals surface area (Å²) in [6.45, 7) is 11.8. The number of nitrogens with zero attached hydrogens (tertiary/aromatic N) is 2. The largest absolute Gasteiger partial charge is 0.367 e. The molecule has 0 bridgehead atoms. The topological polar surface area (TPSA) is 61.0 Å². The number of anilines is 1. The van der Waals surface area contributed by atoms with Crippen molar-refractivity contribution in [3.63, 3.8) is 0 Å². The number of rotatable bonds is 9. The fraction of sp³-hybridized carbons (Fsp3) is 0.733. The maximum Gasteiger partial charge on any atom is 0.252 e. The predicted octanol–water partition coefficient (Wildman–Crippen LogP) is 2.25. The van der Waals surface area contributed by atoms with Crippen molar-refractivity contribution in [3.05, 3.63) is 22.2 Å². The smallest absolute Gasteiger partial charge is 0.252 e.